The molecule has 0 spiro atoms. The van der Waals surface area contributed by atoms with Crippen LogP contribution < -0.4 is 5.32 Å². The average Bonchev–Trinajstić information content (AvgIpc) is 2.60. The van der Waals surface area contributed by atoms with Gasteiger partial charge in [-0.1, -0.05) is 36.4 Å². The molecule has 1 N–H and O–H groups in total. The number of aryl methyl sites for hydroxylation is 1. The minimum Gasteiger partial charge on any atom is -0.467 e. The van der Waals surface area contributed by atoms with Crippen molar-refractivity contribution in [1.82, 2.24) is 10.3 Å². The van der Waals surface area contributed by atoms with E-state index in [0.717, 1.165) is 27.2 Å². The quantitative estimate of drug-likeness (QED) is 0.594. The van der Waals surface area contributed by atoms with Crippen LogP contribution in [0.1, 0.15) is 23.1 Å². The number of methoxy groups -OCH3 is 1. The van der Waals surface area contributed by atoms with Crippen LogP contribution in [-0.4, -0.2) is 30.0 Å². The van der Waals surface area contributed by atoms with E-state index in [1.54, 1.807) is 13.0 Å². The van der Waals surface area contributed by atoms with Gasteiger partial charge >= 0.3 is 5.97 Å². The van der Waals surface area contributed by atoms with Gasteiger partial charge in [0.15, 0.2) is 0 Å². The summed E-state index contributed by atoms with van der Waals surface area (Å²) in [6.07, 6.45) is 0. The summed E-state index contributed by atoms with van der Waals surface area (Å²) < 4.78 is 4.63. The van der Waals surface area contributed by atoms with Crippen LogP contribution >= 0.6 is 0 Å². The number of carbonyl (C=O) groups excluding carboxylic acids is 2. The number of hydrogen-bond acceptors (Lipinski definition) is 4. The molecule has 1 atom stereocenters. The molecule has 2 aromatic carbocycles. The number of pyridine rings is 1. The van der Waals surface area contributed by atoms with Crippen molar-refractivity contribution in [3.8, 4) is 0 Å². The number of benzene rings is 2. The molecule has 0 bridgehead atoms. The van der Waals surface area contributed by atoms with E-state index >= 15 is 0 Å². The van der Waals surface area contributed by atoms with E-state index in [-0.39, 0.29) is 5.69 Å². The molecule has 0 aliphatic rings. The largest absolute Gasteiger partial charge is 0.467 e. The summed E-state index contributed by atoms with van der Waals surface area (Å²) in [5.74, 6) is -0.892. The first kappa shape index (κ1) is 15.9. The van der Waals surface area contributed by atoms with Crippen LogP contribution in [-0.2, 0) is 9.53 Å². The highest BCUT2D eigenvalue weighted by Gasteiger charge is 2.18. The van der Waals surface area contributed by atoms with E-state index in [9.17, 15) is 9.59 Å². The Kier molecular flexibility index (Phi) is 4.16. The molecule has 122 valence electrons. The molecule has 0 saturated carbocycles. The van der Waals surface area contributed by atoms with Gasteiger partial charge in [-0.15, -0.1) is 0 Å². The van der Waals surface area contributed by atoms with Gasteiger partial charge in [-0.05, 0) is 36.1 Å². The number of amides is 1. The molecule has 1 heterocycles. The Hall–Kier alpha value is -2.95. The number of rotatable bonds is 3. The van der Waals surface area contributed by atoms with Crippen LogP contribution in [0.5, 0.6) is 0 Å². The van der Waals surface area contributed by atoms with E-state index in [0.29, 0.717) is 0 Å². The number of ether oxygens (including phenoxy) is 1. The fourth-order valence-electron chi connectivity index (χ4n) is 2.80. The first-order chi connectivity index (χ1) is 11.5. The predicted molar refractivity (Wildman–Crippen MR) is 92.9 cm³/mol. The lowest BCUT2D eigenvalue weighted by molar-refractivity contribution is -0.142. The average molecular weight is 322 g/mol. The second-order valence-corrected chi connectivity index (χ2v) is 5.69. The van der Waals surface area contributed by atoms with Crippen molar-refractivity contribution in [2.45, 2.75) is 19.9 Å². The molecule has 0 saturated heterocycles. The highest BCUT2D eigenvalue weighted by Crippen LogP contribution is 2.27. The van der Waals surface area contributed by atoms with Crippen molar-refractivity contribution in [1.29, 1.82) is 0 Å². The summed E-state index contributed by atoms with van der Waals surface area (Å²) in [7, 11) is 1.29. The standard InChI is InChI=1S/C19H18N2O3/c1-11-14-9-8-13-6-4-5-7-15(13)16(14)10-17(20-11)18(22)21-12(2)19(23)24-3/h4-10,12H,1-3H3,(H,21,22). The van der Waals surface area contributed by atoms with Crippen LogP contribution in [0.25, 0.3) is 21.5 Å². The first-order valence-electron chi connectivity index (χ1n) is 7.69. The van der Waals surface area contributed by atoms with E-state index in [4.69, 9.17) is 0 Å². The second-order valence-electron chi connectivity index (χ2n) is 5.69. The molecule has 1 aromatic heterocycles. The van der Waals surface area contributed by atoms with Gasteiger partial charge in [0.25, 0.3) is 5.91 Å². The second kappa shape index (κ2) is 6.28. The van der Waals surface area contributed by atoms with Crippen molar-refractivity contribution in [3.63, 3.8) is 0 Å². The summed E-state index contributed by atoms with van der Waals surface area (Å²) >= 11 is 0. The van der Waals surface area contributed by atoms with E-state index in [1.165, 1.54) is 7.11 Å². The molecule has 1 unspecified atom stereocenters. The lowest BCUT2D eigenvalue weighted by atomic mass is 10.0. The lowest BCUT2D eigenvalue weighted by Crippen LogP contribution is -2.39. The molecular weight excluding hydrogens is 304 g/mol. The van der Waals surface area contributed by atoms with Crippen LogP contribution in [0, 0.1) is 6.92 Å². The summed E-state index contributed by atoms with van der Waals surface area (Å²) in [6.45, 7) is 3.45. The Morgan fingerprint density at radius 2 is 1.83 bits per heavy atom. The number of nitrogens with one attached hydrogen (secondary N) is 1. The van der Waals surface area contributed by atoms with Gasteiger partial charge in [0.1, 0.15) is 11.7 Å². The maximum atomic E-state index is 12.4. The topological polar surface area (TPSA) is 68.3 Å². The Morgan fingerprint density at radius 3 is 2.58 bits per heavy atom. The number of fused-ring (bicyclic) bond motifs is 3. The van der Waals surface area contributed by atoms with Crippen molar-refractivity contribution in [3.05, 3.63) is 53.9 Å². The van der Waals surface area contributed by atoms with Crippen LogP contribution in [0.4, 0.5) is 0 Å². The molecule has 0 aliphatic heterocycles. The highest BCUT2D eigenvalue weighted by molar-refractivity contribution is 6.10. The fraction of sp³-hybridized carbons (Fsp3) is 0.211. The van der Waals surface area contributed by atoms with Gasteiger partial charge in [-0.25, -0.2) is 9.78 Å². The van der Waals surface area contributed by atoms with Gasteiger partial charge in [0, 0.05) is 11.1 Å². The third-order valence-corrected chi connectivity index (χ3v) is 4.06. The third-order valence-electron chi connectivity index (χ3n) is 4.06. The summed E-state index contributed by atoms with van der Waals surface area (Å²) in [4.78, 5) is 28.3. The molecule has 3 rings (SSSR count). The van der Waals surface area contributed by atoms with Gasteiger partial charge in [0.05, 0.1) is 7.11 Å². The lowest BCUT2D eigenvalue weighted by Gasteiger charge is -2.13. The van der Waals surface area contributed by atoms with Crippen molar-refractivity contribution in [2.75, 3.05) is 7.11 Å². The van der Waals surface area contributed by atoms with Crippen molar-refractivity contribution >= 4 is 33.4 Å². The summed E-state index contributed by atoms with van der Waals surface area (Å²) in [5.41, 5.74) is 1.06. The Balaban J connectivity index is 2.08. The van der Waals surface area contributed by atoms with Crippen LogP contribution in [0.3, 0.4) is 0 Å². The molecule has 1 amide bonds. The Labute approximate surface area is 139 Å². The first-order valence-corrected chi connectivity index (χ1v) is 7.69. The van der Waals surface area contributed by atoms with Crippen LogP contribution in [0.2, 0.25) is 0 Å². The van der Waals surface area contributed by atoms with Gasteiger partial charge in [-0.2, -0.15) is 0 Å². The van der Waals surface area contributed by atoms with Gasteiger partial charge in [-0.3, -0.25) is 4.79 Å². The summed E-state index contributed by atoms with van der Waals surface area (Å²) in [5, 5.41) is 6.75. The fourth-order valence-corrected chi connectivity index (χ4v) is 2.80. The zero-order chi connectivity index (χ0) is 17.3. The maximum absolute atomic E-state index is 12.4. The summed E-state index contributed by atoms with van der Waals surface area (Å²) in [6, 6.07) is 13.1. The normalized spacial score (nSPS) is 12.1. The minimum atomic E-state index is -0.729. The molecular formula is C19H18N2O3. The van der Waals surface area contributed by atoms with Crippen molar-refractivity contribution < 1.29 is 14.3 Å². The molecule has 24 heavy (non-hydrogen) atoms. The third kappa shape index (κ3) is 2.80. The molecule has 0 aliphatic carbocycles. The van der Waals surface area contributed by atoms with Gasteiger partial charge in [0.2, 0.25) is 0 Å². The Bertz CT molecular complexity index is 950. The minimum absolute atomic E-state index is 0.284. The van der Waals surface area contributed by atoms with Gasteiger partial charge < -0.3 is 10.1 Å². The molecule has 5 heteroatoms. The monoisotopic (exact) mass is 322 g/mol. The highest BCUT2D eigenvalue weighted by atomic mass is 16.5. The molecule has 3 aromatic rings. The Morgan fingerprint density at radius 1 is 1.08 bits per heavy atom. The van der Waals surface area contributed by atoms with E-state index in [2.05, 4.69) is 15.0 Å². The zero-order valence-electron chi connectivity index (χ0n) is 13.8. The molecule has 5 nitrogen and oxygen atoms in total. The zero-order valence-corrected chi connectivity index (χ0v) is 13.8. The number of carbonyl (C=O) groups is 2. The smallest absolute Gasteiger partial charge is 0.328 e. The number of hydrogen-bond donors (Lipinski definition) is 1. The number of esters is 1. The number of aromatic nitrogens is 1. The predicted octanol–water partition coefficient (Wildman–Crippen LogP) is 2.99. The van der Waals surface area contributed by atoms with E-state index in [1.807, 2.05) is 43.3 Å². The molecule has 0 radical (unpaired) electrons. The SMILES string of the molecule is COC(=O)C(C)NC(=O)c1cc2c(ccc3ccccc32)c(C)n1. The van der Waals surface area contributed by atoms with Crippen molar-refractivity contribution in [2.24, 2.45) is 0 Å². The van der Waals surface area contributed by atoms with E-state index < -0.39 is 17.9 Å². The number of nitrogens with zero attached hydrogens (tertiary/aromatic N) is 1. The molecule has 0 fully saturated rings. The maximum Gasteiger partial charge on any atom is 0.328 e. The van der Waals surface area contributed by atoms with Crippen LogP contribution in [0.15, 0.2) is 42.5 Å².